The molecule has 8 nitrogen and oxygen atoms in total. The van der Waals surface area contributed by atoms with E-state index < -0.39 is 30.7 Å². The van der Waals surface area contributed by atoms with Gasteiger partial charge in [-0.1, -0.05) is 23.7 Å². The first kappa shape index (κ1) is 28.2. The van der Waals surface area contributed by atoms with E-state index in [1.54, 1.807) is 16.8 Å². The van der Waals surface area contributed by atoms with Gasteiger partial charge in [-0.3, -0.25) is 9.53 Å². The number of alkyl halides is 3. The number of rotatable bonds is 9. The number of amides is 1. The minimum absolute atomic E-state index is 0.0266. The minimum Gasteiger partial charge on any atom is -0.487 e. The molecule has 13 heteroatoms. The molecule has 0 spiro atoms. The Hall–Kier alpha value is -3.77. The molecule has 0 aliphatic heterocycles. The largest absolute Gasteiger partial charge is 0.523 e. The summed E-state index contributed by atoms with van der Waals surface area (Å²) < 4.78 is 62.5. The van der Waals surface area contributed by atoms with Crippen LogP contribution in [0.1, 0.15) is 36.7 Å². The third-order valence-corrected chi connectivity index (χ3v) is 6.20. The zero-order chi connectivity index (χ0) is 28.3. The molecule has 2 heterocycles. The van der Waals surface area contributed by atoms with Crippen LogP contribution < -0.4 is 10.1 Å². The molecule has 0 unspecified atom stereocenters. The molecule has 1 N–H and O–H groups in total. The predicted molar refractivity (Wildman–Crippen MR) is 135 cm³/mol. The van der Waals surface area contributed by atoms with Crippen molar-refractivity contribution in [3.05, 3.63) is 70.4 Å². The summed E-state index contributed by atoms with van der Waals surface area (Å²) in [4.78, 5) is 21.0. The summed E-state index contributed by atoms with van der Waals surface area (Å²) in [7, 11) is 0. The highest BCUT2D eigenvalue weighted by atomic mass is 35.5. The molecule has 1 amide bonds. The topological polar surface area (TPSA) is 91.2 Å². The molecule has 39 heavy (non-hydrogen) atoms. The Morgan fingerprint density at radius 3 is 2.72 bits per heavy atom. The van der Waals surface area contributed by atoms with E-state index in [1.807, 2.05) is 26.0 Å². The van der Waals surface area contributed by atoms with Gasteiger partial charge in [0.25, 0.3) is 0 Å². The summed E-state index contributed by atoms with van der Waals surface area (Å²) in [6.07, 6.45) is -3.48. The van der Waals surface area contributed by atoms with Crippen molar-refractivity contribution in [3.8, 4) is 17.1 Å². The first-order valence-corrected chi connectivity index (χ1v) is 12.2. The lowest BCUT2D eigenvalue weighted by molar-refractivity contribution is -0.321. The number of para-hydroxylation sites is 1. The lowest BCUT2D eigenvalue weighted by Gasteiger charge is -2.20. The van der Waals surface area contributed by atoms with E-state index in [0.29, 0.717) is 29.2 Å². The van der Waals surface area contributed by atoms with Gasteiger partial charge in [0, 0.05) is 28.8 Å². The van der Waals surface area contributed by atoms with Gasteiger partial charge in [-0.25, -0.2) is 19.0 Å². The van der Waals surface area contributed by atoms with Crippen LogP contribution in [0, 0.1) is 12.7 Å². The number of hydrogen-bond donors (Lipinski definition) is 1. The Kier molecular flexibility index (Phi) is 8.36. The van der Waals surface area contributed by atoms with Crippen LogP contribution in [-0.4, -0.2) is 38.6 Å². The molecule has 206 valence electrons. The average molecular weight is 566 g/mol. The standard InChI is InChI=1S/C26H24ClF4N5O3/c1-4-36-25(32-13-33-36)19-8-14(2)34-24-17(19)6-5-7-22(24)38-11-20-18(9-16(28)10-21(20)27)15(3)35-23(37)12-39-26(29,30)31/h5-10,13,15H,4,11-12H2,1-3H3,(H,35,37)/t15-/m0/s1. The van der Waals surface area contributed by atoms with Gasteiger partial charge in [-0.2, -0.15) is 5.10 Å². The number of benzene rings is 2. The lowest BCUT2D eigenvalue weighted by Crippen LogP contribution is -2.33. The highest BCUT2D eigenvalue weighted by Gasteiger charge is 2.30. The van der Waals surface area contributed by atoms with E-state index in [1.165, 1.54) is 13.3 Å². The van der Waals surface area contributed by atoms with Crippen LogP contribution in [0.2, 0.25) is 5.02 Å². The Morgan fingerprint density at radius 2 is 2.00 bits per heavy atom. The summed E-state index contributed by atoms with van der Waals surface area (Å²) in [5.74, 6) is -0.624. The van der Waals surface area contributed by atoms with Crippen LogP contribution in [0.15, 0.2) is 42.7 Å². The number of pyridine rings is 1. The second kappa shape index (κ2) is 11.5. The van der Waals surface area contributed by atoms with E-state index in [9.17, 15) is 22.4 Å². The summed E-state index contributed by atoms with van der Waals surface area (Å²) in [6, 6.07) is 8.63. The fraction of sp³-hybridized carbons (Fsp3) is 0.308. The first-order chi connectivity index (χ1) is 18.5. The van der Waals surface area contributed by atoms with Gasteiger partial charge < -0.3 is 10.1 Å². The van der Waals surface area contributed by atoms with Crippen molar-refractivity contribution in [3.63, 3.8) is 0 Å². The quantitative estimate of drug-likeness (QED) is 0.254. The number of halogens is 5. The molecule has 2 aromatic carbocycles. The maximum atomic E-state index is 14.2. The lowest BCUT2D eigenvalue weighted by atomic mass is 10.0. The summed E-state index contributed by atoms with van der Waals surface area (Å²) >= 11 is 6.33. The number of nitrogens with one attached hydrogen (secondary N) is 1. The fourth-order valence-electron chi connectivity index (χ4n) is 4.18. The van der Waals surface area contributed by atoms with Crippen LogP contribution in [0.25, 0.3) is 22.3 Å². The van der Waals surface area contributed by atoms with E-state index in [2.05, 4.69) is 25.1 Å². The molecule has 4 aromatic rings. The second-order valence-corrected chi connectivity index (χ2v) is 9.04. The molecule has 0 aliphatic carbocycles. The number of fused-ring (bicyclic) bond motifs is 1. The molecule has 0 saturated carbocycles. The molecule has 0 aliphatic rings. The molecular weight excluding hydrogens is 542 g/mol. The van der Waals surface area contributed by atoms with Crippen LogP contribution >= 0.6 is 11.6 Å². The van der Waals surface area contributed by atoms with Crippen LogP contribution in [0.3, 0.4) is 0 Å². The van der Waals surface area contributed by atoms with Gasteiger partial charge >= 0.3 is 6.36 Å². The van der Waals surface area contributed by atoms with Crippen LogP contribution in [0.5, 0.6) is 5.75 Å². The van der Waals surface area contributed by atoms with Gasteiger partial charge in [0.1, 0.15) is 36.6 Å². The molecule has 0 radical (unpaired) electrons. The van der Waals surface area contributed by atoms with Gasteiger partial charge in [0.15, 0.2) is 5.82 Å². The number of nitrogens with zero attached hydrogens (tertiary/aromatic N) is 4. The Balaban J connectivity index is 1.63. The number of hydrogen-bond acceptors (Lipinski definition) is 6. The van der Waals surface area contributed by atoms with Gasteiger partial charge in [-0.05, 0) is 50.6 Å². The van der Waals surface area contributed by atoms with Crippen molar-refractivity contribution in [2.75, 3.05) is 6.61 Å². The molecule has 0 fully saturated rings. The fourth-order valence-corrected chi connectivity index (χ4v) is 4.44. The van der Waals surface area contributed by atoms with Crippen molar-refractivity contribution in [1.29, 1.82) is 0 Å². The Labute approximate surface area is 225 Å². The second-order valence-electron chi connectivity index (χ2n) is 8.63. The average Bonchev–Trinajstić information content (AvgIpc) is 3.34. The Bertz CT molecular complexity index is 1510. The SMILES string of the molecule is CCn1ncnc1-c1cc(C)nc2c(OCc3c(Cl)cc(F)cc3[C@H](C)NC(=O)COC(F)(F)F)cccc12. The van der Waals surface area contributed by atoms with Crippen LogP contribution in [0.4, 0.5) is 17.6 Å². The molecule has 2 aromatic heterocycles. The molecule has 1 atom stereocenters. The molecule has 4 rings (SSSR count). The molecular formula is C26H24ClF4N5O3. The summed E-state index contributed by atoms with van der Waals surface area (Å²) in [5, 5.41) is 7.41. The summed E-state index contributed by atoms with van der Waals surface area (Å²) in [5.41, 5.74) is 2.68. The normalized spacial score (nSPS) is 12.5. The number of ether oxygens (including phenoxy) is 2. The van der Waals surface area contributed by atoms with Gasteiger partial charge in [0.05, 0.1) is 11.1 Å². The number of aromatic nitrogens is 4. The van der Waals surface area contributed by atoms with E-state index >= 15 is 0 Å². The zero-order valence-corrected chi connectivity index (χ0v) is 21.9. The third kappa shape index (κ3) is 6.63. The maximum absolute atomic E-state index is 14.2. The third-order valence-electron chi connectivity index (χ3n) is 5.86. The zero-order valence-electron chi connectivity index (χ0n) is 21.1. The summed E-state index contributed by atoms with van der Waals surface area (Å²) in [6.45, 7) is 4.53. The highest BCUT2D eigenvalue weighted by molar-refractivity contribution is 6.31. The van der Waals surface area contributed by atoms with Crippen LogP contribution in [-0.2, 0) is 22.7 Å². The van der Waals surface area contributed by atoms with Crippen molar-refractivity contribution >= 4 is 28.4 Å². The van der Waals surface area contributed by atoms with E-state index in [0.717, 1.165) is 28.8 Å². The smallest absolute Gasteiger partial charge is 0.487 e. The van der Waals surface area contributed by atoms with Gasteiger partial charge in [-0.15, -0.1) is 13.2 Å². The van der Waals surface area contributed by atoms with Crippen molar-refractivity contribution in [2.24, 2.45) is 0 Å². The molecule has 0 bridgehead atoms. The molecule has 0 saturated heterocycles. The number of carbonyl (C=O) groups is 1. The van der Waals surface area contributed by atoms with Crippen molar-refractivity contribution in [2.45, 2.75) is 46.3 Å². The van der Waals surface area contributed by atoms with E-state index in [4.69, 9.17) is 16.3 Å². The van der Waals surface area contributed by atoms with Gasteiger partial charge in [0.2, 0.25) is 5.91 Å². The number of aryl methyl sites for hydroxylation is 2. The predicted octanol–water partition coefficient (Wildman–Crippen LogP) is 5.91. The van der Waals surface area contributed by atoms with E-state index in [-0.39, 0.29) is 17.2 Å². The van der Waals surface area contributed by atoms with Crippen molar-refractivity contribution < 1.29 is 31.8 Å². The highest BCUT2D eigenvalue weighted by Crippen LogP contribution is 2.34. The number of carbonyl (C=O) groups excluding carboxylic acids is 1. The maximum Gasteiger partial charge on any atom is 0.523 e. The minimum atomic E-state index is -4.96. The Morgan fingerprint density at radius 1 is 1.23 bits per heavy atom. The first-order valence-electron chi connectivity index (χ1n) is 11.9. The van der Waals surface area contributed by atoms with Crippen molar-refractivity contribution in [1.82, 2.24) is 25.1 Å². The monoisotopic (exact) mass is 565 g/mol.